The van der Waals surface area contributed by atoms with Crippen LogP contribution >= 0.6 is 0 Å². The van der Waals surface area contributed by atoms with Gasteiger partial charge in [0, 0.05) is 5.39 Å². The van der Waals surface area contributed by atoms with Crippen LogP contribution in [0.15, 0.2) is 28.7 Å². The van der Waals surface area contributed by atoms with Gasteiger partial charge in [-0.2, -0.15) is 0 Å². The van der Waals surface area contributed by atoms with E-state index >= 15 is 0 Å². The first kappa shape index (κ1) is 12.1. The Morgan fingerprint density at radius 2 is 2.12 bits per heavy atom. The van der Waals surface area contributed by atoms with E-state index in [-0.39, 0.29) is 6.04 Å². The summed E-state index contributed by atoms with van der Waals surface area (Å²) in [5, 5.41) is 1.14. The molecule has 3 heteroatoms. The summed E-state index contributed by atoms with van der Waals surface area (Å²) in [5.74, 6) is 0.885. The highest BCUT2D eigenvalue weighted by Crippen LogP contribution is 2.26. The van der Waals surface area contributed by atoms with Crippen LogP contribution in [0, 0.1) is 6.92 Å². The fourth-order valence-corrected chi connectivity index (χ4v) is 1.95. The van der Waals surface area contributed by atoms with Crippen molar-refractivity contribution in [2.75, 3.05) is 20.6 Å². The minimum absolute atomic E-state index is 0.0239. The molecule has 0 saturated heterocycles. The normalized spacial score (nSPS) is 13.5. The zero-order chi connectivity index (χ0) is 12.4. The van der Waals surface area contributed by atoms with Crippen LogP contribution in [0.3, 0.4) is 0 Å². The average Bonchev–Trinajstić information content (AvgIpc) is 2.71. The van der Waals surface area contributed by atoms with E-state index in [1.54, 1.807) is 0 Å². The van der Waals surface area contributed by atoms with Gasteiger partial charge in [-0.3, -0.25) is 0 Å². The van der Waals surface area contributed by atoms with Crippen LogP contribution in [-0.4, -0.2) is 25.5 Å². The van der Waals surface area contributed by atoms with Crippen molar-refractivity contribution in [1.29, 1.82) is 0 Å². The molecule has 1 unspecified atom stereocenters. The summed E-state index contributed by atoms with van der Waals surface area (Å²) in [4.78, 5) is 2.13. The highest BCUT2D eigenvalue weighted by Gasteiger charge is 2.13. The molecule has 3 nitrogen and oxygen atoms in total. The molecule has 0 spiro atoms. The third-order valence-electron chi connectivity index (χ3n) is 3.01. The largest absolute Gasteiger partial charge is 0.459 e. The zero-order valence-corrected chi connectivity index (χ0v) is 10.7. The molecule has 0 bridgehead atoms. The van der Waals surface area contributed by atoms with E-state index < -0.39 is 0 Å². The smallest absolute Gasteiger partial charge is 0.137 e. The van der Waals surface area contributed by atoms with E-state index in [1.807, 2.05) is 6.07 Å². The molecule has 0 aliphatic heterocycles. The van der Waals surface area contributed by atoms with Gasteiger partial charge in [0.25, 0.3) is 0 Å². The highest BCUT2D eigenvalue weighted by atomic mass is 16.3. The van der Waals surface area contributed by atoms with Crippen LogP contribution in [0.5, 0.6) is 0 Å². The van der Waals surface area contributed by atoms with E-state index in [0.717, 1.165) is 35.3 Å². The van der Waals surface area contributed by atoms with E-state index in [0.29, 0.717) is 0 Å². The Labute approximate surface area is 102 Å². The van der Waals surface area contributed by atoms with Crippen LogP contribution in [0.1, 0.15) is 23.8 Å². The molecule has 2 aromatic rings. The molecule has 1 heterocycles. The topological polar surface area (TPSA) is 42.4 Å². The number of rotatable bonds is 4. The fourth-order valence-electron chi connectivity index (χ4n) is 1.95. The van der Waals surface area contributed by atoms with Crippen molar-refractivity contribution >= 4 is 11.0 Å². The third-order valence-corrected chi connectivity index (χ3v) is 3.01. The number of furan rings is 1. The van der Waals surface area contributed by atoms with Crippen LogP contribution in [-0.2, 0) is 0 Å². The summed E-state index contributed by atoms with van der Waals surface area (Å²) in [7, 11) is 4.10. The second kappa shape index (κ2) is 4.90. The van der Waals surface area contributed by atoms with Crippen molar-refractivity contribution in [3.63, 3.8) is 0 Å². The molecule has 17 heavy (non-hydrogen) atoms. The average molecular weight is 232 g/mol. The van der Waals surface area contributed by atoms with Gasteiger partial charge >= 0.3 is 0 Å². The molecule has 92 valence electrons. The first-order valence-corrected chi connectivity index (χ1v) is 5.97. The van der Waals surface area contributed by atoms with Gasteiger partial charge in [-0.15, -0.1) is 0 Å². The number of nitrogens with two attached hydrogens (primary N) is 1. The maximum Gasteiger partial charge on any atom is 0.137 e. The minimum atomic E-state index is -0.0239. The molecule has 0 saturated carbocycles. The third kappa shape index (κ3) is 2.68. The van der Waals surface area contributed by atoms with Crippen LogP contribution in [0.4, 0.5) is 0 Å². The van der Waals surface area contributed by atoms with Gasteiger partial charge in [-0.05, 0) is 45.6 Å². The highest BCUT2D eigenvalue weighted by molar-refractivity contribution is 5.80. The maximum atomic E-state index is 6.14. The molecule has 0 amide bonds. The van der Waals surface area contributed by atoms with Gasteiger partial charge in [-0.25, -0.2) is 0 Å². The number of benzene rings is 1. The molecule has 0 aliphatic carbocycles. The van der Waals surface area contributed by atoms with Crippen LogP contribution in [0.2, 0.25) is 0 Å². The number of hydrogen-bond acceptors (Lipinski definition) is 3. The van der Waals surface area contributed by atoms with Gasteiger partial charge in [0.15, 0.2) is 0 Å². The molecular formula is C14H20N2O. The molecule has 1 aromatic heterocycles. The molecule has 1 atom stereocenters. The lowest BCUT2D eigenvalue weighted by Gasteiger charge is -2.12. The molecule has 0 radical (unpaired) electrons. The van der Waals surface area contributed by atoms with Gasteiger partial charge < -0.3 is 15.1 Å². The van der Waals surface area contributed by atoms with Crippen molar-refractivity contribution in [3.8, 4) is 0 Å². The van der Waals surface area contributed by atoms with Gasteiger partial charge in [-0.1, -0.05) is 18.2 Å². The monoisotopic (exact) mass is 232 g/mol. The Bertz CT molecular complexity index is 502. The number of para-hydroxylation sites is 1. The van der Waals surface area contributed by atoms with Crippen molar-refractivity contribution in [2.45, 2.75) is 19.4 Å². The first-order valence-electron chi connectivity index (χ1n) is 5.97. The molecule has 2 N–H and O–H groups in total. The second-order valence-electron chi connectivity index (χ2n) is 4.84. The first-order chi connectivity index (χ1) is 8.08. The van der Waals surface area contributed by atoms with Crippen molar-refractivity contribution < 1.29 is 4.42 Å². The molecule has 2 rings (SSSR count). The Morgan fingerprint density at radius 1 is 1.35 bits per heavy atom. The predicted octanol–water partition coefficient (Wildman–Crippen LogP) is 2.69. The quantitative estimate of drug-likeness (QED) is 0.881. The standard InChI is InChI=1S/C14H20N2O/c1-10-5-4-6-11-9-13(17-14(10)11)12(15)7-8-16(2)3/h4-6,9,12H,7-8,15H2,1-3H3. The number of nitrogens with zero attached hydrogens (tertiary/aromatic N) is 1. The van der Waals surface area contributed by atoms with E-state index in [9.17, 15) is 0 Å². The zero-order valence-electron chi connectivity index (χ0n) is 10.7. The Kier molecular flexibility index (Phi) is 3.50. The summed E-state index contributed by atoms with van der Waals surface area (Å²) in [6.45, 7) is 3.03. The molecule has 1 aromatic carbocycles. The van der Waals surface area contributed by atoms with Gasteiger partial charge in [0.1, 0.15) is 11.3 Å². The van der Waals surface area contributed by atoms with Crippen LogP contribution < -0.4 is 5.73 Å². The fraction of sp³-hybridized carbons (Fsp3) is 0.429. The molecular weight excluding hydrogens is 212 g/mol. The van der Waals surface area contributed by atoms with Crippen molar-refractivity contribution in [1.82, 2.24) is 4.90 Å². The second-order valence-corrected chi connectivity index (χ2v) is 4.84. The Morgan fingerprint density at radius 3 is 2.76 bits per heavy atom. The van der Waals surface area contributed by atoms with E-state index in [1.165, 1.54) is 0 Å². The number of hydrogen-bond donors (Lipinski definition) is 1. The SMILES string of the molecule is Cc1cccc2cc(C(N)CCN(C)C)oc12. The van der Waals surface area contributed by atoms with Crippen molar-refractivity contribution in [2.24, 2.45) is 5.73 Å². The summed E-state index contributed by atoms with van der Waals surface area (Å²) < 4.78 is 5.85. The van der Waals surface area contributed by atoms with E-state index in [2.05, 4.69) is 44.1 Å². The summed E-state index contributed by atoms with van der Waals surface area (Å²) in [6, 6.07) is 8.20. The lowest BCUT2D eigenvalue weighted by atomic mass is 10.1. The lowest BCUT2D eigenvalue weighted by Crippen LogP contribution is -2.19. The summed E-state index contributed by atoms with van der Waals surface area (Å²) in [6.07, 6.45) is 0.909. The van der Waals surface area contributed by atoms with Gasteiger partial charge in [0.05, 0.1) is 6.04 Å². The Balaban J connectivity index is 2.21. The lowest BCUT2D eigenvalue weighted by molar-refractivity contribution is 0.366. The van der Waals surface area contributed by atoms with Crippen LogP contribution in [0.25, 0.3) is 11.0 Å². The summed E-state index contributed by atoms with van der Waals surface area (Å²) in [5.41, 5.74) is 8.26. The number of fused-ring (bicyclic) bond motifs is 1. The van der Waals surface area contributed by atoms with Gasteiger partial charge in [0.2, 0.25) is 0 Å². The molecule has 0 fully saturated rings. The maximum absolute atomic E-state index is 6.14. The predicted molar refractivity (Wildman–Crippen MR) is 71.1 cm³/mol. The Hall–Kier alpha value is -1.32. The van der Waals surface area contributed by atoms with E-state index in [4.69, 9.17) is 10.2 Å². The number of aryl methyl sites for hydroxylation is 1. The van der Waals surface area contributed by atoms with Crippen molar-refractivity contribution in [3.05, 3.63) is 35.6 Å². The summed E-state index contributed by atoms with van der Waals surface area (Å²) >= 11 is 0. The minimum Gasteiger partial charge on any atom is -0.459 e. The molecule has 0 aliphatic rings.